The SMILES string of the molecule is C=C(C1CC1)N(CCC)C/C(C)=C/CC/C=C\CC. The Labute approximate surface area is 120 Å². The van der Waals surface area contributed by atoms with E-state index >= 15 is 0 Å². The van der Waals surface area contributed by atoms with Crippen molar-refractivity contribution >= 4 is 0 Å². The zero-order valence-corrected chi connectivity index (χ0v) is 13.1. The summed E-state index contributed by atoms with van der Waals surface area (Å²) in [6.07, 6.45) is 14.3. The van der Waals surface area contributed by atoms with E-state index in [4.69, 9.17) is 0 Å². The van der Waals surface area contributed by atoms with E-state index in [-0.39, 0.29) is 0 Å². The second-order valence-electron chi connectivity index (χ2n) is 5.69. The first-order valence-corrected chi connectivity index (χ1v) is 7.93. The van der Waals surface area contributed by atoms with Crippen LogP contribution in [0.3, 0.4) is 0 Å². The van der Waals surface area contributed by atoms with E-state index in [0.717, 1.165) is 31.8 Å². The standard InChI is InChI=1S/C18H31N/c1-5-7-8-9-10-11-16(3)15-19(14-6-2)17(4)18-12-13-18/h7-8,11,18H,4-6,9-10,12-15H2,1-3H3/b8-7-,16-11+. The van der Waals surface area contributed by atoms with E-state index < -0.39 is 0 Å². The van der Waals surface area contributed by atoms with Gasteiger partial charge in [-0.25, -0.2) is 0 Å². The van der Waals surface area contributed by atoms with Crippen LogP contribution >= 0.6 is 0 Å². The zero-order valence-electron chi connectivity index (χ0n) is 13.1. The Morgan fingerprint density at radius 3 is 2.53 bits per heavy atom. The zero-order chi connectivity index (χ0) is 14.1. The molecule has 0 aromatic carbocycles. The van der Waals surface area contributed by atoms with Crippen LogP contribution in [-0.4, -0.2) is 18.0 Å². The van der Waals surface area contributed by atoms with Gasteiger partial charge >= 0.3 is 0 Å². The average Bonchev–Trinajstić information content (AvgIpc) is 3.21. The third-order valence-corrected chi connectivity index (χ3v) is 3.62. The van der Waals surface area contributed by atoms with Crippen molar-refractivity contribution in [1.29, 1.82) is 0 Å². The molecule has 0 bridgehead atoms. The molecule has 1 nitrogen and oxygen atoms in total. The van der Waals surface area contributed by atoms with Crippen LogP contribution in [0.25, 0.3) is 0 Å². The highest BCUT2D eigenvalue weighted by Crippen LogP contribution is 2.37. The van der Waals surface area contributed by atoms with Gasteiger partial charge in [-0.1, -0.05) is 44.2 Å². The quantitative estimate of drug-likeness (QED) is 0.380. The first-order valence-electron chi connectivity index (χ1n) is 7.93. The first kappa shape index (κ1) is 16.1. The second-order valence-corrected chi connectivity index (χ2v) is 5.69. The molecule has 19 heavy (non-hydrogen) atoms. The molecule has 0 aliphatic heterocycles. The lowest BCUT2D eigenvalue weighted by molar-refractivity contribution is 0.354. The molecule has 0 atom stereocenters. The number of allylic oxidation sites excluding steroid dienone is 4. The van der Waals surface area contributed by atoms with Crippen LogP contribution in [0.5, 0.6) is 0 Å². The molecule has 0 aromatic heterocycles. The van der Waals surface area contributed by atoms with Crippen LogP contribution < -0.4 is 0 Å². The molecule has 1 saturated carbocycles. The molecule has 1 rings (SSSR count). The number of unbranched alkanes of at least 4 members (excludes halogenated alkanes) is 1. The fourth-order valence-corrected chi connectivity index (χ4v) is 2.34. The van der Waals surface area contributed by atoms with Gasteiger partial charge in [-0.2, -0.15) is 0 Å². The van der Waals surface area contributed by atoms with Crippen molar-refractivity contribution in [2.75, 3.05) is 13.1 Å². The first-order chi connectivity index (χ1) is 9.19. The fourth-order valence-electron chi connectivity index (χ4n) is 2.34. The van der Waals surface area contributed by atoms with Gasteiger partial charge in [0.2, 0.25) is 0 Å². The van der Waals surface area contributed by atoms with Gasteiger partial charge in [0.15, 0.2) is 0 Å². The van der Waals surface area contributed by atoms with E-state index in [0.29, 0.717) is 0 Å². The summed E-state index contributed by atoms with van der Waals surface area (Å²) in [4.78, 5) is 2.49. The Balaban J connectivity index is 2.36. The van der Waals surface area contributed by atoms with Crippen molar-refractivity contribution in [3.63, 3.8) is 0 Å². The molecule has 0 radical (unpaired) electrons. The summed E-state index contributed by atoms with van der Waals surface area (Å²) in [6.45, 7) is 13.2. The highest BCUT2D eigenvalue weighted by molar-refractivity contribution is 5.11. The molecule has 0 heterocycles. The third-order valence-electron chi connectivity index (χ3n) is 3.62. The second kappa shape index (κ2) is 9.01. The normalized spacial score (nSPS) is 16.1. The Bertz CT molecular complexity index is 321. The van der Waals surface area contributed by atoms with E-state index in [1.54, 1.807) is 0 Å². The predicted molar refractivity (Wildman–Crippen MR) is 86.2 cm³/mol. The van der Waals surface area contributed by atoms with Crippen LogP contribution in [0.1, 0.15) is 59.3 Å². The maximum atomic E-state index is 4.30. The summed E-state index contributed by atoms with van der Waals surface area (Å²) >= 11 is 0. The van der Waals surface area contributed by atoms with Gasteiger partial charge < -0.3 is 4.90 Å². The van der Waals surface area contributed by atoms with Gasteiger partial charge in [-0.15, -0.1) is 0 Å². The van der Waals surface area contributed by atoms with Crippen LogP contribution in [0, 0.1) is 5.92 Å². The highest BCUT2D eigenvalue weighted by atomic mass is 15.1. The van der Waals surface area contributed by atoms with Crippen molar-refractivity contribution in [3.05, 3.63) is 36.1 Å². The largest absolute Gasteiger partial charge is 0.371 e. The topological polar surface area (TPSA) is 3.24 Å². The van der Waals surface area contributed by atoms with Crippen LogP contribution in [0.15, 0.2) is 36.1 Å². The molecule has 1 heteroatoms. The molecular formula is C18H31N. The van der Waals surface area contributed by atoms with E-state index in [9.17, 15) is 0 Å². The van der Waals surface area contributed by atoms with Gasteiger partial charge in [-0.05, 0) is 51.4 Å². The monoisotopic (exact) mass is 261 g/mol. The van der Waals surface area contributed by atoms with E-state index in [2.05, 4.69) is 50.5 Å². The minimum absolute atomic E-state index is 0.784. The summed E-state index contributed by atoms with van der Waals surface area (Å²) in [5.41, 5.74) is 2.86. The molecular weight excluding hydrogens is 230 g/mol. The molecule has 0 aromatic rings. The third kappa shape index (κ3) is 6.66. The number of nitrogens with zero attached hydrogens (tertiary/aromatic N) is 1. The van der Waals surface area contributed by atoms with Gasteiger partial charge in [0, 0.05) is 18.8 Å². The maximum Gasteiger partial charge on any atom is 0.0383 e. The Hall–Kier alpha value is -0.980. The molecule has 0 N–H and O–H groups in total. The van der Waals surface area contributed by atoms with Crippen molar-refractivity contribution in [2.45, 2.75) is 59.3 Å². The summed E-state index contributed by atoms with van der Waals surface area (Å²) in [6, 6.07) is 0. The molecule has 0 spiro atoms. The summed E-state index contributed by atoms with van der Waals surface area (Å²) in [5, 5.41) is 0. The van der Waals surface area contributed by atoms with E-state index in [1.165, 1.54) is 37.0 Å². The van der Waals surface area contributed by atoms with Crippen LogP contribution in [0.2, 0.25) is 0 Å². The summed E-state index contributed by atoms with van der Waals surface area (Å²) in [7, 11) is 0. The van der Waals surface area contributed by atoms with Crippen molar-refractivity contribution in [3.8, 4) is 0 Å². The molecule has 1 aliphatic carbocycles. The van der Waals surface area contributed by atoms with Gasteiger partial charge in [0.25, 0.3) is 0 Å². The Morgan fingerprint density at radius 1 is 1.21 bits per heavy atom. The summed E-state index contributed by atoms with van der Waals surface area (Å²) < 4.78 is 0. The molecule has 0 amide bonds. The minimum Gasteiger partial charge on any atom is -0.371 e. The van der Waals surface area contributed by atoms with E-state index in [1.807, 2.05) is 0 Å². The molecule has 0 unspecified atom stereocenters. The van der Waals surface area contributed by atoms with Crippen molar-refractivity contribution in [2.24, 2.45) is 5.92 Å². The highest BCUT2D eigenvalue weighted by Gasteiger charge is 2.27. The number of rotatable bonds is 10. The minimum atomic E-state index is 0.784. The van der Waals surface area contributed by atoms with Crippen molar-refractivity contribution in [1.82, 2.24) is 4.90 Å². The maximum absolute atomic E-state index is 4.30. The van der Waals surface area contributed by atoms with Gasteiger partial charge in [0.05, 0.1) is 0 Å². The van der Waals surface area contributed by atoms with Crippen LogP contribution in [0.4, 0.5) is 0 Å². The Morgan fingerprint density at radius 2 is 1.95 bits per heavy atom. The van der Waals surface area contributed by atoms with Crippen LogP contribution in [-0.2, 0) is 0 Å². The summed E-state index contributed by atoms with van der Waals surface area (Å²) in [5.74, 6) is 0.784. The van der Waals surface area contributed by atoms with Gasteiger partial charge in [0.1, 0.15) is 0 Å². The lowest BCUT2D eigenvalue weighted by atomic mass is 10.1. The molecule has 1 fully saturated rings. The number of hydrogen-bond acceptors (Lipinski definition) is 1. The fraction of sp³-hybridized carbons (Fsp3) is 0.667. The smallest absolute Gasteiger partial charge is 0.0383 e. The van der Waals surface area contributed by atoms with Gasteiger partial charge in [-0.3, -0.25) is 0 Å². The lowest BCUT2D eigenvalue weighted by Gasteiger charge is -2.27. The predicted octanol–water partition coefficient (Wildman–Crippen LogP) is 5.31. The lowest BCUT2D eigenvalue weighted by Crippen LogP contribution is -2.26. The van der Waals surface area contributed by atoms with Crippen molar-refractivity contribution < 1.29 is 0 Å². The average molecular weight is 261 g/mol. The number of hydrogen-bond donors (Lipinski definition) is 0. The molecule has 0 saturated heterocycles. The molecule has 108 valence electrons. The Kier molecular flexibility index (Phi) is 7.62. The molecule has 1 aliphatic rings.